The van der Waals surface area contributed by atoms with E-state index in [0.29, 0.717) is 5.69 Å². The molecule has 0 spiro atoms. The summed E-state index contributed by atoms with van der Waals surface area (Å²) in [6.07, 6.45) is 1.98. The fourth-order valence-electron chi connectivity index (χ4n) is 3.85. The molecule has 1 unspecified atom stereocenters. The Bertz CT molecular complexity index is 872. The van der Waals surface area contributed by atoms with Gasteiger partial charge >= 0.3 is 12.0 Å². The Morgan fingerprint density at radius 3 is 2.72 bits per heavy atom. The fourth-order valence-corrected chi connectivity index (χ4v) is 3.85. The van der Waals surface area contributed by atoms with Crippen molar-refractivity contribution in [2.45, 2.75) is 24.9 Å². The molecule has 1 aliphatic carbocycles. The van der Waals surface area contributed by atoms with E-state index in [1.165, 1.54) is 21.4 Å². The third-order valence-corrected chi connectivity index (χ3v) is 5.18. The third kappa shape index (κ3) is 2.52. The molecule has 0 bridgehead atoms. The lowest BCUT2D eigenvalue weighted by molar-refractivity contribution is -0.153. The second kappa shape index (κ2) is 5.72. The van der Waals surface area contributed by atoms with Crippen LogP contribution in [0.3, 0.4) is 0 Å². The number of anilines is 1. The van der Waals surface area contributed by atoms with Gasteiger partial charge in [-0.2, -0.15) is 0 Å². The van der Waals surface area contributed by atoms with Crippen molar-refractivity contribution in [1.29, 1.82) is 0 Å². The second-order valence-corrected chi connectivity index (χ2v) is 6.67. The lowest BCUT2D eigenvalue weighted by Gasteiger charge is -2.20. The Balaban J connectivity index is 1.57. The summed E-state index contributed by atoms with van der Waals surface area (Å²) in [4.78, 5) is 25.4. The first-order chi connectivity index (χ1) is 12.0. The average molecular weight is 342 g/mol. The van der Waals surface area contributed by atoms with Crippen LogP contribution in [0.5, 0.6) is 0 Å². The van der Waals surface area contributed by atoms with Crippen molar-refractivity contribution in [3.05, 3.63) is 41.5 Å². The number of ether oxygens (including phenoxy) is 1. The normalized spacial score (nSPS) is 21.6. The van der Waals surface area contributed by atoms with Gasteiger partial charge in [-0.15, -0.1) is 0 Å². The van der Waals surface area contributed by atoms with Crippen molar-refractivity contribution in [1.82, 2.24) is 4.90 Å². The molecule has 25 heavy (non-hydrogen) atoms. The number of benzene rings is 2. The number of aryl methyl sites for hydroxylation is 2. The number of nitrogens with one attached hydrogen (secondary N) is 1. The van der Waals surface area contributed by atoms with Crippen LogP contribution in [0.4, 0.5) is 14.9 Å². The van der Waals surface area contributed by atoms with Crippen LogP contribution in [-0.4, -0.2) is 42.8 Å². The molecular formula is C19H19FN2O3. The molecule has 0 radical (unpaired) electrons. The Labute approximate surface area is 144 Å². The smallest absolute Gasteiger partial charge is 0.345 e. The molecule has 1 heterocycles. The number of hydrogen-bond donors (Lipinski definition) is 1. The summed E-state index contributed by atoms with van der Waals surface area (Å²) in [6.45, 7) is -0.106. The number of halogens is 1. The third-order valence-electron chi connectivity index (χ3n) is 5.18. The van der Waals surface area contributed by atoms with Crippen molar-refractivity contribution in [3.8, 4) is 0 Å². The zero-order valence-corrected chi connectivity index (χ0v) is 14.0. The molecule has 0 aromatic heterocycles. The van der Waals surface area contributed by atoms with Crippen molar-refractivity contribution < 1.29 is 18.7 Å². The van der Waals surface area contributed by atoms with Crippen molar-refractivity contribution in [3.63, 3.8) is 0 Å². The predicted molar refractivity (Wildman–Crippen MR) is 92.4 cm³/mol. The van der Waals surface area contributed by atoms with Crippen molar-refractivity contribution >= 4 is 28.5 Å². The number of urea groups is 1. The van der Waals surface area contributed by atoms with Crippen LogP contribution in [0.2, 0.25) is 0 Å². The summed E-state index contributed by atoms with van der Waals surface area (Å²) in [5, 5.41) is 5.08. The minimum absolute atomic E-state index is 0.0447. The average Bonchev–Trinajstić information content (AvgIpc) is 3.22. The van der Waals surface area contributed by atoms with Crippen molar-refractivity contribution in [2.75, 3.05) is 25.5 Å². The maximum absolute atomic E-state index is 14.5. The molecule has 4 rings (SSSR count). The number of nitrogens with zero attached hydrogens (tertiary/aromatic N) is 1. The highest BCUT2D eigenvalue weighted by Gasteiger charge is 2.47. The highest BCUT2D eigenvalue weighted by molar-refractivity contribution is 6.04. The van der Waals surface area contributed by atoms with Gasteiger partial charge in [-0.25, -0.2) is 14.0 Å². The van der Waals surface area contributed by atoms with Gasteiger partial charge in [0.1, 0.15) is 0 Å². The van der Waals surface area contributed by atoms with Crippen LogP contribution >= 0.6 is 0 Å². The molecule has 130 valence electrons. The summed E-state index contributed by atoms with van der Waals surface area (Å²) in [5.74, 6) is -0.923. The monoisotopic (exact) mass is 342 g/mol. The molecule has 1 saturated heterocycles. The summed E-state index contributed by atoms with van der Waals surface area (Å²) in [6, 6.07) is 9.61. The summed E-state index contributed by atoms with van der Waals surface area (Å²) in [7, 11) is 1.15. The van der Waals surface area contributed by atoms with Gasteiger partial charge in [0.2, 0.25) is 5.67 Å². The Morgan fingerprint density at radius 1 is 1.20 bits per heavy atom. The molecule has 0 saturated carbocycles. The number of esters is 1. The van der Waals surface area contributed by atoms with E-state index in [2.05, 4.69) is 16.1 Å². The maximum atomic E-state index is 14.5. The fraction of sp³-hybridized carbons (Fsp3) is 0.368. The van der Waals surface area contributed by atoms with Gasteiger partial charge in [-0.1, -0.05) is 24.3 Å². The van der Waals surface area contributed by atoms with E-state index in [1.807, 2.05) is 24.3 Å². The maximum Gasteiger partial charge on any atom is 0.345 e. The van der Waals surface area contributed by atoms with E-state index in [0.717, 1.165) is 25.3 Å². The van der Waals surface area contributed by atoms with Gasteiger partial charge in [-0.3, -0.25) is 0 Å². The number of carbonyl (C=O) groups excluding carboxylic acids is 2. The number of alkyl halides is 1. The van der Waals surface area contributed by atoms with Crippen LogP contribution in [-0.2, 0) is 22.4 Å². The molecule has 2 aliphatic rings. The van der Waals surface area contributed by atoms with Crippen molar-refractivity contribution in [2.24, 2.45) is 0 Å². The molecule has 1 atom stereocenters. The quantitative estimate of drug-likeness (QED) is 0.854. The van der Waals surface area contributed by atoms with E-state index in [-0.39, 0.29) is 19.5 Å². The molecule has 6 heteroatoms. The summed E-state index contributed by atoms with van der Waals surface area (Å²) < 4.78 is 19.0. The second-order valence-electron chi connectivity index (χ2n) is 6.67. The van der Waals surface area contributed by atoms with Crippen LogP contribution in [0.25, 0.3) is 10.8 Å². The lowest BCUT2D eigenvalue weighted by atomic mass is 10.0. The lowest BCUT2D eigenvalue weighted by Crippen LogP contribution is -2.41. The highest BCUT2D eigenvalue weighted by Crippen LogP contribution is 2.35. The molecule has 1 aliphatic heterocycles. The zero-order valence-electron chi connectivity index (χ0n) is 14.0. The van der Waals surface area contributed by atoms with Crippen LogP contribution in [0, 0.1) is 0 Å². The van der Waals surface area contributed by atoms with Gasteiger partial charge in [0.05, 0.1) is 19.3 Å². The Hall–Kier alpha value is -2.63. The van der Waals surface area contributed by atoms with E-state index in [1.54, 1.807) is 0 Å². The summed E-state index contributed by atoms with van der Waals surface area (Å²) in [5.41, 5.74) is 1.17. The predicted octanol–water partition coefficient (Wildman–Crippen LogP) is 3.06. The molecule has 1 fully saturated rings. The molecule has 1 N–H and O–H groups in total. The van der Waals surface area contributed by atoms with Crippen LogP contribution in [0.15, 0.2) is 30.3 Å². The standard InChI is InChI=1S/C19H19FN2O3/c1-25-17(23)19(20)9-10-22(11-19)18(24)21-15-8-7-13-6-5-12-3-2-4-14(15)16(12)13/h2-4,7-8H,5-6,9-11H2,1H3,(H,21,24). The molecule has 2 amide bonds. The molecule has 2 aromatic carbocycles. The minimum Gasteiger partial charge on any atom is -0.467 e. The van der Waals surface area contributed by atoms with Gasteiger partial charge in [0, 0.05) is 18.4 Å². The van der Waals surface area contributed by atoms with E-state index in [4.69, 9.17) is 0 Å². The Kier molecular flexibility index (Phi) is 3.63. The zero-order chi connectivity index (χ0) is 17.6. The van der Waals surface area contributed by atoms with Crippen LogP contribution in [0.1, 0.15) is 17.5 Å². The number of carbonyl (C=O) groups is 2. The van der Waals surface area contributed by atoms with Gasteiger partial charge in [0.15, 0.2) is 0 Å². The molecular weight excluding hydrogens is 323 g/mol. The molecule has 2 aromatic rings. The van der Waals surface area contributed by atoms with Gasteiger partial charge in [0.25, 0.3) is 0 Å². The SMILES string of the molecule is COC(=O)C1(F)CCN(C(=O)Nc2ccc3c4c(cccc24)CC3)C1. The van der Waals surface area contributed by atoms with E-state index in [9.17, 15) is 14.0 Å². The first-order valence-corrected chi connectivity index (χ1v) is 8.38. The van der Waals surface area contributed by atoms with Crippen LogP contribution < -0.4 is 5.32 Å². The first-order valence-electron chi connectivity index (χ1n) is 8.38. The first kappa shape index (κ1) is 15.9. The largest absolute Gasteiger partial charge is 0.467 e. The number of methoxy groups -OCH3 is 1. The van der Waals surface area contributed by atoms with E-state index >= 15 is 0 Å². The number of likely N-dealkylation sites (tertiary alicyclic amines) is 1. The van der Waals surface area contributed by atoms with E-state index < -0.39 is 17.7 Å². The van der Waals surface area contributed by atoms with Gasteiger partial charge in [-0.05, 0) is 35.4 Å². The number of rotatable bonds is 2. The number of hydrogen-bond acceptors (Lipinski definition) is 3. The molecule has 5 nitrogen and oxygen atoms in total. The Morgan fingerprint density at radius 2 is 1.96 bits per heavy atom. The minimum atomic E-state index is -2.12. The number of amides is 2. The highest BCUT2D eigenvalue weighted by atomic mass is 19.1. The van der Waals surface area contributed by atoms with Gasteiger partial charge < -0.3 is 15.0 Å². The summed E-state index contributed by atoms with van der Waals surface area (Å²) >= 11 is 0. The topological polar surface area (TPSA) is 58.6 Å².